The largest absolute Gasteiger partial charge is 0.488 e. The Hall–Kier alpha value is -3.12. The molecule has 0 saturated heterocycles. The Morgan fingerprint density at radius 1 is 1.00 bits per heavy atom. The fraction of sp³-hybridized carbons (Fsp3) is 0.174. The van der Waals surface area contributed by atoms with E-state index in [1.807, 2.05) is 42.5 Å². The van der Waals surface area contributed by atoms with Gasteiger partial charge in [-0.05, 0) is 53.1 Å². The van der Waals surface area contributed by atoms with Gasteiger partial charge in [0.15, 0.2) is 9.84 Å². The Morgan fingerprint density at radius 2 is 1.69 bits per heavy atom. The van der Waals surface area contributed by atoms with Gasteiger partial charge in [0.2, 0.25) is 0 Å². The summed E-state index contributed by atoms with van der Waals surface area (Å²) < 4.78 is 29.2. The van der Waals surface area contributed by atoms with Crippen molar-refractivity contribution in [3.8, 4) is 16.9 Å². The van der Waals surface area contributed by atoms with Crippen LogP contribution in [0.15, 0.2) is 77.7 Å². The second-order valence-electron chi connectivity index (χ2n) is 7.14. The SMILES string of the molecule is CS(=O)(=O)c1ccc(-c2ccc3c(c2)CC(CNC(=O)c2ccccc2)O3)cc1. The van der Waals surface area contributed by atoms with Gasteiger partial charge in [0.25, 0.3) is 5.91 Å². The smallest absolute Gasteiger partial charge is 0.251 e. The zero-order valence-electron chi connectivity index (χ0n) is 16.0. The molecule has 0 bridgehead atoms. The summed E-state index contributed by atoms with van der Waals surface area (Å²) in [6.45, 7) is 0.431. The molecular formula is C23H21NO4S. The van der Waals surface area contributed by atoms with Gasteiger partial charge in [0.05, 0.1) is 11.4 Å². The minimum atomic E-state index is -3.21. The van der Waals surface area contributed by atoms with Crippen LogP contribution in [0.5, 0.6) is 5.75 Å². The highest BCUT2D eigenvalue weighted by atomic mass is 32.2. The summed E-state index contributed by atoms with van der Waals surface area (Å²) >= 11 is 0. The van der Waals surface area contributed by atoms with E-state index in [9.17, 15) is 13.2 Å². The third-order valence-electron chi connectivity index (χ3n) is 4.94. The summed E-state index contributed by atoms with van der Waals surface area (Å²) in [5.74, 6) is 0.706. The van der Waals surface area contributed by atoms with Gasteiger partial charge in [-0.25, -0.2) is 8.42 Å². The van der Waals surface area contributed by atoms with Crippen molar-refractivity contribution in [1.82, 2.24) is 5.32 Å². The van der Waals surface area contributed by atoms with Crippen LogP contribution < -0.4 is 10.1 Å². The molecule has 1 atom stereocenters. The molecule has 5 nitrogen and oxygen atoms in total. The van der Waals surface area contributed by atoms with E-state index < -0.39 is 9.84 Å². The zero-order valence-corrected chi connectivity index (χ0v) is 16.8. The van der Waals surface area contributed by atoms with Crippen LogP contribution in [-0.4, -0.2) is 33.2 Å². The second kappa shape index (κ2) is 7.72. The molecule has 1 amide bonds. The predicted octanol–water partition coefficient (Wildman–Crippen LogP) is 3.49. The van der Waals surface area contributed by atoms with E-state index in [1.54, 1.807) is 24.3 Å². The lowest BCUT2D eigenvalue weighted by Gasteiger charge is -2.11. The number of carbonyl (C=O) groups excluding carboxylic acids is 1. The summed E-state index contributed by atoms with van der Waals surface area (Å²) in [5.41, 5.74) is 3.65. The van der Waals surface area contributed by atoms with Crippen molar-refractivity contribution in [2.45, 2.75) is 17.4 Å². The van der Waals surface area contributed by atoms with Crippen molar-refractivity contribution in [3.05, 3.63) is 83.9 Å². The summed E-state index contributed by atoms with van der Waals surface area (Å²) in [7, 11) is -3.21. The fourth-order valence-electron chi connectivity index (χ4n) is 3.41. The van der Waals surface area contributed by atoms with E-state index in [2.05, 4.69) is 11.4 Å². The highest BCUT2D eigenvalue weighted by Crippen LogP contribution is 2.33. The molecule has 0 fully saturated rings. The number of hydrogen-bond donors (Lipinski definition) is 1. The maximum absolute atomic E-state index is 12.2. The van der Waals surface area contributed by atoms with Crippen LogP contribution in [0.3, 0.4) is 0 Å². The van der Waals surface area contributed by atoms with Gasteiger partial charge in [0, 0.05) is 18.2 Å². The number of hydrogen-bond acceptors (Lipinski definition) is 4. The van der Waals surface area contributed by atoms with Gasteiger partial charge in [-0.1, -0.05) is 36.4 Å². The van der Waals surface area contributed by atoms with Crippen LogP contribution >= 0.6 is 0 Å². The molecule has 1 unspecified atom stereocenters. The molecule has 29 heavy (non-hydrogen) atoms. The van der Waals surface area contributed by atoms with Gasteiger partial charge < -0.3 is 10.1 Å². The molecule has 1 heterocycles. The Morgan fingerprint density at radius 3 is 2.38 bits per heavy atom. The van der Waals surface area contributed by atoms with Crippen molar-refractivity contribution < 1.29 is 17.9 Å². The molecule has 148 valence electrons. The molecule has 0 aliphatic carbocycles. The lowest BCUT2D eigenvalue weighted by molar-refractivity contribution is 0.0933. The van der Waals surface area contributed by atoms with Gasteiger partial charge in [-0.3, -0.25) is 4.79 Å². The molecule has 1 N–H and O–H groups in total. The Balaban J connectivity index is 1.42. The molecule has 6 heteroatoms. The van der Waals surface area contributed by atoms with Gasteiger partial charge in [0.1, 0.15) is 11.9 Å². The maximum atomic E-state index is 12.2. The van der Waals surface area contributed by atoms with Crippen LogP contribution in [0.25, 0.3) is 11.1 Å². The Kier molecular flexibility index (Phi) is 5.11. The van der Waals surface area contributed by atoms with Gasteiger partial charge in [-0.15, -0.1) is 0 Å². The topological polar surface area (TPSA) is 72.5 Å². The summed E-state index contributed by atoms with van der Waals surface area (Å²) in [5, 5.41) is 2.92. The number of amides is 1. The third kappa shape index (κ3) is 4.32. The first kappa shape index (κ1) is 19.2. The number of sulfone groups is 1. The first-order valence-electron chi connectivity index (χ1n) is 9.33. The number of carbonyl (C=O) groups is 1. The van der Waals surface area contributed by atoms with E-state index in [0.29, 0.717) is 23.4 Å². The normalized spacial score (nSPS) is 15.4. The quantitative estimate of drug-likeness (QED) is 0.703. The van der Waals surface area contributed by atoms with Crippen molar-refractivity contribution >= 4 is 15.7 Å². The maximum Gasteiger partial charge on any atom is 0.251 e. The molecule has 3 aromatic rings. The van der Waals surface area contributed by atoms with Gasteiger partial charge >= 0.3 is 0 Å². The first-order valence-corrected chi connectivity index (χ1v) is 11.2. The van der Waals surface area contributed by atoms with Crippen molar-refractivity contribution in [2.75, 3.05) is 12.8 Å². The van der Waals surface area contributed by atoms with Crippen LogP contribution in [-0.2, 0) is 16.3 Å². The van der Waals surface area contributed by atoms with Crippen molar-refractivity contribution in [2.24, 2.45) is 0 Å². The molecule has 0 spiro atoms. The second-order valence-corrected chi connectivity index (χ2v) is 9.15. The number of ether oxygens (including phenoxy) is 1. The van der Waals surface area contributed by atoms with Crippen molar-refractivity contribution in [3.63, 3.8) is 0 Å². The predicted molar refractivity (Wildman–Crippen MR) is 112 cm³/mol. The molecule has 1 aliphatic heterocycles. The fourth-order valence-corrected chi connectivity index (χ4v) is 4.04. The van der Waals surface area contributed by atoms with Gasteiger partial charge in [-0.2, -0.15) is 0 Å². The first-order chi connectivity index (χ1) is 13.9. The zero-order chi connectivity index (χ0) is 20.4. The average molecular weight is 407 g/mol. The number of rotatable bonds is 5. The molecule has 0 radical (unpaired) electrons. The number of nitrogens with one attached hydrogen (secondary N) is 1. The van der Waals surface area contributed by atoms with E-state index in [1.165, 1.54) is 6.26 Å². The van der Waals surface area contributed by atoms with Crippen LogP contribution in [0.1, 0.15) is 15.9 Å². The van der Waals surface area contributed by atoms with Crippen LogP contribution in [0.2, 0.25) is 0 Å². The summed E-state index contributed by atoms with van der Waals surface area (Å²) in [4.78, 5) is 12.5. The molecule has 4 rings (SSSR count). The third-order valence-corrected chi connectivity index (χ3v) is 6.07. The molecule has 0 aromatic heterocycles. The van der Waals surface area contributed by atoms with E-state index >= 15 is 0 Å². The lowest BCUT2D eigenvalue weighted by atomic mass is 10.0. The molecular weight excluding hydrogens is 386 g/mol. The minimum absolute atomic E-state index is 0.111. The number of fused-ring (bicyclic) bond motifs is 1. The monoisotopic (exact) mass is 407 g/mol. The Labute approximate surface area is 170 Å². The minimum Gasteiger partial charge on any atom is -0.488 e. The van der Waals surface area contributed by atoms with Crippen LogP contribution in [0, 0.1) is 0 Å². The lowest BCUT2D eigenvalue weighted by Crippen LogP contribution is -2.34. The summed E-state index contributed by atoms with van der Waals surface area (Å²) in [6.07, 6.45) is 1.80. The van der Waals surface area contributed by atoms with Crippen LogP contribution in [0.4, 0.5) is 0 Å². The molecule has 3 aromatic carbocycles. The number of benzene rings is 3. The highest BCUT2D eigenvalue weighted by molar-refractivity contribution is 7.90. The van der Waals surface area contributed by atoms with E-state index in [4.69, 9.17) is 4.74 Å². The highest BCUT2D eigenvalue weighted by Gasteiger charge is 2.24. The van der Waals surface area contributed by atoms with E-state index in [0.717, 1.165) is 22.4 Å². The van der Waals surface area contributed by atoms with Crippen molar-refractivity contribution in [1.29, 1.82) is 0 Å². The average Bonchev–Trinajstić information content (AvgIpc) is 3.14. The molecule has 0 saturated carbocycles. The summed E-state index contributed by atoms with van der Waals surface area (Å²) in [6, 6.07) is 21.9. The Bertz CT molecular complexity index is 1140. The van der Waals surface area contributed by atoms with E-state index in [-0.39, 0.29) is 12.0 Å². The molecule has 1 aliphatic rings. The standard InChI is InChI=1S/C23H21NO4S/c1-29(26,27)21-10-7-16(8-11-21)18-9-12-22-19(13-18)14-20(28-22)15-24-23(25)17-5-3-2-4-6-17/h2-13,20H,14-15H2,1H3,(H,24,25).